The standard InChI is InChI=1S/C33H20N2/c1-2-10-31-26(7-1)30-20-23(12-14-32(30)35(31)24-15-17-34-18-16-24)22-11-13-25-27-8-3-5-21-6-4-9-28(33(21)27)29(25)19-22/h1-20H. The molecule has 0 spiro atoms. The molecule has 0 saturated heterocycles. The van der Waals surface area contributed by atoms with Gasteiger partial charge in [0.05, 0.1) is 11.0 Å². The molecule has 2 heterocycles. The molecule has 2 heteroatoms. The molecule has 162 valence electrons. The minimum atomic E-state index is 1.13. The van der Waals surface area contributed by atoms with Crippen LogP contribution in [0.1, 0.15) is 0 Å². The highest BCUT2D eigenvalue weighted by Crippen LogP contribution is 2.48. The highest BCUT2D eigenvalue weighted by atomic mass is 15.0. The van der Waals surface area contributed by atoms with E-state index in [2.05, 4.69) is 119 Å². The van der Waals surface area contributed by atoms with E-state index >= 15 is 0 Å². The van der Waals surface area contributed by atoms with Crippen molar-refractivity contribution < 1.29 is 0 Å². The van der Waals surface area contributed by atoms with Gasteiger partial charge >= 0.3 is 0 Å². The van der Waals surface area contributed by atoms with Crippen LogP contribution in [0.25, 0.3) is 71.6 Å². The molecule has 2 nitrogen and oxygen atoms in total. The first-order valence-electron chi connectivity index (χ1n) is 12.0. The second-order valence-corrected chi connectivity index (χ2v) is 9.26. The third-order valence-corrected chi connectivity index (χ3v) is 7.43. The predicted octanol–water partition coefficient (Wildman–Crippen LogP) is 8.65. The van der Waals surface area contributed by atoms with Crippen molar-refractivity contribution in [3.63, 3.8) is 0 Å². The van der Waals surface area contributed by atoms with Crippen molar-refractivity contribution in [1.29, 1.82) is 0 Å². The van der Waals surface area contributed by atoms with Gasteiger partial charge in [-0.15, -0.1) is 0 Å². The minimum Gasteiger partial charge on any atom is -0.309 e. The van der Waals surface area contributed by atoms with E-state index < -0.39 is 0 Å². The number of fused-ring (bicyclic) bond motifs is 6. The lowest BCUT2D eigenvalue weighted by Gasteiger charge is -2.09. The fourth-order valence-corrected chi connectivity index (χ4v) is 5.90. The van der Waals surface area contributed by atoms with Crippen molar-refractivity contribution in [3.05, 3.63) is 122 Å². The summed E-state index contributed by atoms with van der Waals surface area (Å²) in [7, 11) is 0. The summed E-state index contributed by atoms with van der Waals surface area (Å²) in [5.41, 5.74) is 11.4. The number of hydrogen-bond donors (Lipinski definition) is 0. The average molecular weight is 445 g/mol. The number of benzene rings is 5. The first-order valence-corrected chi connectivity index (χ1v) is 12.0. The molecule has 0 fully saturated rings. The third-order valence-electron chi connectivity index (χ3n) is 7.43. The van der Waals surface area contributed by atoms with Crippen molar-refractivity contribution in [2.75, 3.05) is 0 Å². The summed E-state index contributed by atoms with van der Waals surface area (Å²) >= 11 is 0. The lowest BCUT2D eigenvalue weighted by molar-refractivity contribution is 1.16. The highest BCUT2D eigenvalue weighted by molar-refractivity contribution is 6.16. The Morgan fingerprint density at radius 2 is 1.20 bits per heavy atom. The molecule has 0 amide bonds. The first kappa shape index (κ1) is 18.7. The van der Waals surface area contributed by atoms with E-state index in [1.54, 1.807) is 0 Å². The largest absolute Gasteiger partial charge is 0.309 e. The summed E-state index contributed by atoms with van der Waals surface area (Å²) in [5, 5.41) is 5.21. The van der Waals surface area contributed by atoms with Crippen LogP contribution < -0.4 is 0 Å². The molecule has 0 aliphatic heterocycles. The summed E-state index contributed by atoms with van der Waals surface area (Å²) in [4.78, 5) is 4.21. The van der Waals surface area contributed by atoms with Gasteiger partial charge in [0.2, 0.25) is 0 Å². The Hall–Kier alpha value is -4.69. The van der Waals surface area contributed by atoms with Gasteiger partial charge < -0.3 is 4.57 Å². The second kappa shape index (κ2) is 6.91. The van der Waals surface area contributed by atoms with E-state index in [0.29, 0.717) is 0 Å². The molecule has 8 rings (SSSR count). The highest BCUT2D eigenvalue weighted by Gasteiger charge is 2.21. The van der Waals surface area contributed by atoms with Gasteiger partial charge in [0, 0.05) is 28.9 Å². The van der Waals surface area contributed by atoms with E-state index in [1.165, 1.54) is 66.0 Å². The SMILES string of the molecule is c1cc2c3c(cccc3c1)-c1cc(-c3ccc4c(c3)c3ccccc3n4-c3ccncc3)ccc1-2. The summed E-state index contributed by atoms with van der Waals surface area (Å²) < 4.78 is 2.33. The maximum absolute atomic E-state index is 4.21. The van der Waals surface area contributed by atoms with Gasteiger partial charge in [-0.05, 0) is 80.6 Å². The maximum Gasteiger partial charge on any atom is 0.0541 e. The van der Waals surface area contributed by atoms with Crippen LogP contribution in [-0.4, -0.2) is 9.55 Å². The molecule has 0 unspecified atom stereocenters. The summed E-state index contributed by atoms with van der Waals surface area (Å²) in [6.07, 6.45) is 3.71. The van der Waals surface area contributed by atoms with Gasteiger partial charge in [-0.1, -0.05) is 72.8 Å². The Kier molecular flexibility index (Phi) is 3.69. The zero-order chi connectivity index (χ0) is 22.9. The number of para-hydroxylation sites is 1. The predicted molar refractivity (Wildman–Crippen MR) is 146 cm³/mol. The van der Waals surface area contributed by atoms with Gasteiger partial charge in [-0.3, -0.25) is 4.98 Å². The van der Waals surface area contributed by atoms with Crippen LogP contribution in [0.15, 0.2) is 122 Å². The molecule has 5 aromatic carbocycles. The maximum atomic E-state index is 4.21. The topological polar surface area (TPSA) is 17.8 Å². The fourth-order valence-electron chi connectivity index (χ4n) is 5.90. The van der Waals surface area contributed by atoms with Crippen LogP contribution in [0.4, 0.5) is 0 Å². The molecule has 0 bridgehead atoms. The monoisotopic (exact) mass is 444 g/mol. The molecule has 0 atom stereocenters. The average Bonchev–Trinajstić information content (AvgIpc) is 3.43. The molecule has 2 aromatic heterocycles. The zero-order valence-electron chi connectivity index (χ0n) is 18.9. The summed E-state index contributed by atoms with van der Waals surface area (Å²) in [6, 6.07) is 39.8. The molecule has 7 aromatic rings. The van der Waals surface area contributed by atoms with Crippen LogP contribution in [0.5, 0.6) is 0 Å². The quantitative estimate of drug-likeness (QED) is 0.261. The normalized spacial score (nSPS) is 12.0. The van der Waals surface area contributed by atoms with Crippen LogP contribution in [0.3, 0.4) is 0 Å². The summed E-state index contributed by atoms with van der Waals surface area (Å²) in [6.45, 7) is 0. The lowest BCUT2D eigenvalue weighted by Crippen LogP contribution is -1.93. The van der Waals surface area contributed by atoms with Gasteiger partial charge in [0.1, 0.15) is 0 Å². The zero-order valence-corrected chi connectivity index (χ0v) is 18.9. The molecule has 35 heavy (non-hydrogen) atoms. The Morgan fingerprint density at radius 1 is 0.486 bits per heavy atom. The smallest absolute Gasteiger partial charge is 0.0541 e. The van der Waals surface area contributed by atoms with Crippen LogP contribution >= 0.6 is 0 Å². The molecule has 0 radical (unpaired) electrons. The van der Waals surface area contributed by atoms with Crippen LogP contribution in [-0.2, 0) is 0 Å². The number of nitrogens with zero attached hydrogens (tertiary/aromatic N) is 2. The second-order valence-electron chi connectivity index (χ2n) is 9.26. The molecular weight excluding hydrogens is 424 g/mol. The molecule has 0 N–H and O–H groups in total. The van der Waals surface area contributed by atoms with Crippen molar-refractivity contribution in [1.82, 2.24) is 9.55 Å². The molecular formula is C33H20N2. The van der Waals surface area contributed by atoms with Crippen molar-refractivity contribution >= 4 is 32.6 Å². The Morgan fingerprint density at radius 3 is 2.06 bits per heavy atom. The number of rotatable bonds is 2. The van der Waals surface area contributed by atoms with Gasteiger partial charge in [0.25, 0.3) is 0 Å². The van der Waals surface area contributed by atoms with Gasteiger partial charge in [-0.2, -0.15) is 0 Å². The Labute approximate surface area is 202 Å². The van der Waals surface area contributed by atoms with Gasteiger partial charge in [0.15, 0.2) is 0 Å². The Balaban J connectivity index is 1.35. The van der Waals surface area contributed by atoms with E-state index in [1.807, 2.05) is 12.4 Å². The minimum absolute atomic E-state index is 1.13. The van der Waals surface area contributed by atoms with Gasteiger partial charge in [-0.25, -0.2) is 0 Å². The third kappa shape index (κ3) is 2.57. The number of hydrogen-bond acceptors (Lipinski definition) is 1. The van der Waals surface area contributed by atoms with E-state index in [4.69, 9.17) is 0 Å². The van der Waals surface area contributed by atoms with E-state index in [9.17, 15) is 0 Å². The van der Waals surface area contributed by atoms with Crippen LogP contribution in [0, 0.1) is 0 Å². The molecule has 1 aliphatic rings. The van der Waals surface area contributed by atoms with E-state index in [-0.39, 0.29) is 0 Å². The molecule has 1 aliphatic carbocycles. The van der Waals surface area contributed by atoms with Crippen molar-refractivity contribution in [2.45, 2.75) is 0 Å². The van der Waals surface area contributed by atoms with Crippen molar-refractivity contribution in [3.8, 4) is 39.1 Å². The molecule has 0 saturated carbocycles. The van der Waals surface area contributed by atoms with Crippen LogP contribution in [0.2, 0.25) is 0 Å². The number of pyridine rings is 1. The fraction of sp³-hybridized carbons (Fsp3) is 0. The summed E-state index contributed by atoms with van der Waals surface area (Å²) in [5.74, 6) is 0. The lowest BCUT2D eigenvalue weighted by atomic mass is 9.96. The van der Waals surface area contributed by atoms with E-state index in [0.717, 1.165) is 5.69 Å². The van der Waals surface area contributed by atoms with Crippen molar-refractivity contribution in [2.24, 2.45) is 0 Å². The number of aromatic nitrogens is 2. The Bertz CT molecular complexity index is 1940. The first-order chi connectivity index (χ1) is 17.4.